The first-order valence-electron chi connectivity index (χ1n) is 9.96. The van der Waals surface area contributed by atoms with Crippen LogP contribution in [0.25, 0.3) is 11.1 Å². The first kappa shape index (κ1) is 21.4. The minimum atomic E-state index is -1.25. The average Bonchev–Trinajstić information content (AvgIpc) is 3.12. The number of aliphatic carboxylic acids is 1. The second kappa shape index (κ2) is 9.95. The smallest absolute Gasteiger partial charge is 0.347 e. The number of nitrogens with zero attached hydrogens (tertiary/aromatic N) is 1. The fourth-order valence-corrected chi connectivity index (χ4v) is 2.87. The van der Waals surface area contributed by atoms with E-state index in [4.69, 9.17) is 9.15 Å². The number of aromatic nitrogens is 1. The second-order valence-corrected chi connectivity index (χ2v) is 7.45. The van der Waals surface area contributed by atoms with Crippen LogP contribution in [0.3, 0.4) is 0 Å². The zero-order chi connectivity index (χ0) is 21.4. The molecule has 0 aliphatic carbocycles. The number of carbonyl (C=O) groups is 1. The van der Waals surface area contributed by atoms with Crippen LogP contribution in [0.2, 0.25) is 0 Å². The Kier molecular flexibility index (Phi) is 7.10. The van der Waals surface area contributed by atoms with Gasteiger partial charge >= 0.3 is 5.97 Å². The number of carboxylic acids is 1. The number of aryl methyl sites for hydroxylation is 1. The molecule has 0 aliphatic rings. The number of para-hydroxylation sites is 2. The van der Waals surface area contributed by atoms with Crippen molar-refractivity contribution >= 4 is 17.1 Å². The van der Waals surface area contributed by atoms with Crippen LogP contribution in [0, 0.1) is 11.8 Å². The van der Waals surface area contributed by atoms with E-state index >= 15 is 0 Å². The number of nitrogens with one attached hydrogen (secondary N) is 1. The predicted molar refractivity (Wildman–Crippen MR) is 115 cm³/mol. The third-order valence-electron chi connectivity index (χ3n) is 4.52. The van der Waals surface area contributed by atoms with Gasteiger partial charge < -0.3 is 19.6 Å². The maximum Gasteiger partial charge on any atom is 0.347 e. The largest absolute Gasteiger partial charge is 0.478 e. The molecule has 3 aromatic rings. The van der Waals surface area contributed by atoms with E-state index < -0.39 is 11.6 Å². The Balaban J connectivity index is 1.36. The monoisotopic (exact) mass is 406 g/mol. The molecule has 6 heteroatoms. The van der Waals surface area contributed by atoms with Crippen molar-refractivity contribution in [2.24, 2.45) is 0 Å². The number of carboxylic acid groups (broad SMARTS) is 1. The Morgan fingerprint density at radius 1 is 1.20 bits per heavy atom. The first-order chi connectivity index (χ1) is 14.4. The van der Waals surface area contributed by atoms with Gasteiger partial charge in [0.05, 0.1) is 13.0 Å². The van der Waals surface area contributed by atoms with E-state index in [2.05, 4.69) is 22.1 Å². The summed E-state index contributed by atoms with van der Waals surface area (Å²) in [6.07, 6.45) is 2.31. The minimum Gasteiger partial charge on any atom is -0.478 e. The van der Waals surface area contributed by atoms with E-state index in [1.807, 2.05) is 42.5 Å². The number of ether oxygens (including phenoxy) is 1. The van der Waals surface area contributed by atoms with E-state index in [0.29, 0.717) is 24.6 Å². The lowest BCUT2D eigenvalue weighted by Crippen LogP contribution is -2.37. The van der Waals surface area contributed by atoms with Crippen LogP contribution in [0.15, 0.2) is 52.9 Å². The van der Waals surface area contributed by atoms with Gasteiger partial charge in [0.2, 0.25) is 5.89 Å². The summed E-state index contributed by atoms with van der Waals surface area (Å²) in [5, 5.41) is 12.5. The SMILES string of the molecule is CC(C)(Oc1cccc(CCCNCC#CCc2nc3ccccc3o2)c1)C(=O)O. The molecule has 156 valence electrons. The standard InChI is InChI=1S/C24H26N2O4/c1-24(2,23(27)28)30-19-11-7-9-18(17-19)10-8-16-25-15-6-5-14-22-26-20-12-3-4-13-21(20)29-22/h3-4,7,9,11-13,17,25H,8,10,14-16H2,1-2H3,(H,27,28). The van der Waals surface area contributed by atoms with Crippen molar-refractivity contribution in [1.29, 1.82) is 0 Å². The summed E-state index contributed by atoms with van der Waals surface area (Å²) < 4.78 is 11.2. The molecule has 0 radical (unpaired) electrons. The summed E-state index contributed by atoms with van der Waals surface area (Å²) in [7, 11) is 0. The summed E-state index contributed by atoms with van der Waals surface area (Å²) in [5.41, 5.74) is 1.50. The van der Waals surface area contributed by atoms with Crippen LogP contribution in [-0.2, 0) is 17.6 Å². The number of oxazole rings is 1. The molecule has 0 atom stereocenters. The molecule has 6 nitrogen and oxygen atoms in total. The van der Waals surface area contributed by atoms with Crippen molar-refractivity contribution in [3.05, 3.63) is 60.0 Å². The molecule has 2 N–H and O–H groups in total. The topological polar surface area (TPSA) is 84.6 Å². The lowest BCUT2D eigenvalue weighted by atomic mass is 10.1. The van der Waals surface area contributed by atoms with Gasteiger partial charge in [0.1, 0.15) is 11.3 Å². The normalized spacial score (nSPS) is 11.1. The van der Waals surface area contributed by atoms with E-state index in [1.165, 1.54) is 13.8 Å². The lowest BCUT2D eigenvalue weighted by molar-refractivity contribution is -0.152. The van der Waals surface area contributed by atoms with Crippen molar-refractivity contribution in [3.63, 3.8) is 0 Å². The van der Waals surface area contributed by atoms with Gasteiger partial charge in [-0.3, -0.25) is 0 Å². The molecule has 1 aromatic heterocycles. The molecule has 0 saturated heterocycles. The predicted octanol–water partition coefficient (Wildman–Crippen LogP) is 3.84. The molecule has 3 rings (SSSR count). The van der Waals surface area contributed by atoms with Crippen LogP contribution in [0.5, 0.6) is 5.75 Å². The lowest BCUT2D eigenvalue weighted by Gasteiger charge is -2.21. The van der Waals surface area contributed by atoms with Gasteiger partial charge in [-0.2, -0.15) is 0 Å². The fraction of sp³-hybridized carbons (Fsp3) is 0.333. The molecule has 2 aromatic carbocycles. The summed E-state index contributed by atoms with van der Waals surface area (Å²) in [5.74, 6) is 6.37. The van der Waals surface area contributed by atoms with E-state index in [0.717, 1.165) is 36.0 Å². The molecule has 0 aliphatic heterocycles. The highest BCUT2D eigenvalue weighted by Crippen LogP contribution is 2.20. The fourth-order valence-electron chi connectivity index (χ4n) is 2.87. The maximum absolute atomic E-state index is 11.2. The van der Waals surface area contributed by atoms with Crippen molar-refractivity contribution < 1.29 is 19.1 Å². The van der Waals surface area contributed by atoms with Gasteiger partial charge in [-0.25, -0.2) is 9.78 Å². The van der Waals surface area contributed by atoms with E-state index in [-0.39, 0.29) is 0 Å². The highest BCUT2D eigenvalue weighted by molar-refractivity contribution is 5.76. The molecule has 30 heavy (non-hydrogen) atoms. The van der Waals surface area contributed by atoms with Crippen molar-refractivity contribution in [2.75, 3.05) is 13.1 Å². The molecule has 0 bridgehead atoms. The Labute approximate surface area is 176 Å². The van der Waals surface area contributed by atoms with Gasteiger partial charge in [-0.05, 0) is 63.1 Å². The quantitative estimate of drug-likeness (QED) is 0.415. The number of rotatable bonds is 9. The van der Waals surface area contributed by atoms with E-state index in [1.54, 1.807) is 6.07 Å². The summed E-state index contributed by atoms with van der Waals surface area (Å²) >= 11 is 0. The van der Waals surface area contributed by atoms with Crippen molar-refractivity contribution in [3.8, 4) is 17.6 Å². The number of hydrogen-bond acceptors (Lipinski definition) is 5. The number of benzene rings is 2. The molecule has 1 heterocycles. The molecular weight excluding hydrogens is 380 g/mol. The molecule has 0 fully saturated rings. The highest BCUT2D eigenvalue weighted by Gasteiger charge is 2.29. The van der Waals surface area contributed by atoms with E-state index in [9.17, 15) is 9.90 Å². The Morgan fingerprint density at radius 2 is 2.03 bits per heavy atom. The zero-order valence-electron chi connectivity index (χ0n) is 17.3. The van der Waals surface area contributed by atoms with Crippen LogP contribution < -0.4 is 10.1 Å². The molecule has 0 amide bonds. The summed E-state index contributed by atoms with van der Waals surface area (Å²) in [6.45, 7) is 4.52. The first-order valence-corrected chi connectivity index (χ1v) is 9.96. The second-order valence-electron chi connectivity index (χ2n) is 7.45. The molecule has 0 saturated carbocycles. The van der Waals surface area contributed by atoms with Crippen molar-refractivity contribution in [2.45, 2.75) is 38.7 Å². The van der Waals surface area contributed by atoms with Gasteiger partial charge in [-0.15, -0.1) is 0 Å². The van der Waals surface area contributed by atoms with Gasteiger partial charge in [0.25, 0.3) is 0 Å². The van der Waals surface area contributed by atoms with Gasteiger partial charge in [-0.1, -0.05) is 36.1 Å². The Hall–Kier alpha value is -3.30. The Bertz CT molecular complexity index is 1030. The van der Waals surface area contributed by atoms with Crippen LogP contribution >= 0.6 is 0 Å². The number of fused-ring (bicyclic) bond motifs is 1. The Morgan fingerprint density at radius 3 is 2.83 bits per heavy atom. The maximum atomic E-state index is 11.2. The van der Waals surface area contributed by atoms with Gasteiger partial charge in [0.15, 0.2) is 11.2 Å². The third kappa shape index (κ3) is 6.10. The van der Waals surface area contributed by atoms with Crippen LogP contribution in [0.4, 0.5) is 0 Å². The third-order valence-corrected chi connectivity index (χ3v) is 4.52. The number of hydrogen-bond donors (Lipinski definition) is 2. The highest BCUT2D eigenvalue weighted by atomic mass is 16.5. The average molecular weight is 406 g/mol. The molecular formula is C24H26N2O4. The molecule has 0 unspecified atom stereocenters. The summed E-state index contributed by atoms with van der Waals surface area (Å²) in [6, 6.07) is 15.2. The zero-order valence-corrected chi connectivity index (χ0v) is 17.3. The van der Waals surface area contributed by atoms with Crippen LogP contribution in [-0.4, -0.2) is 34.8 Å². The minimum absolute atomic E-state index is 0.496. The van der Waals surface area contributed by atoms with Gasteiger partial charge in [0, 0.05) is 0 Å². The van der Waals surface area contributed by atoms with Crippen LogP contribution in [0.1, 0.15) is 31.7 Å². The molecule has 0 spiro atoms. The van der Waals surface area contributed by atoms with Crippen molar-refractivity contribution in [1.82, 2.24) is 10.3 Å². The summed E-state index contributed by atoms with van der Waals surface area (Å²) in [4.78, 5) is 15.6.